The number of methoxy groups -OCH3 is 1. The third-order valence-corrected chi connectivity index (χ3v) is 4.42. The Morgan fingerprint density at radius 3 is 2.76 bits per heavy atom. The van der Waals surface area contributed by atoms with E-state index >= 15 is 0 Å². The van der Waals surface area contributed by atoms with E-state index in [-0.39, 0.29) is 6.61 Å². The Kier molecular flexibility index (Phi) is 7.50. The summed E-state index contributed by atoms with van der Waals surface area (Å²) in [5, 5.41) is 12.7. The summed E-state index contributed by atoms with van der Waals surface area (Å²) in [5.74, 6) is 0.582. The lowest BCUT2D eigenvalue weighted by molar-refractivity contribution is 0.191. The third kappa shape index (κ3) is 5.57. The van der Waals surface area contributed by atoms with Crippen molar-refractivity contribution in [2.75, 3.05) is 13.7 Å². The van der Waals surface area contributed by atoms with Gasteiger partial charge in [-0.25, -0.2) is 4.39 Å². The molecular formula is C18H20BrClFNO3. The van der Waals surface area contributed by atoms with Gasteiger partial charge in [0.25, 0.3) is 0 Å². The van der Waals surface area contributed by atoms with Crippen molar-refractivity contribution in [1.29, 1.82) is 0 Å². The Labute approximate surface area is 160 Å². The maximum Gasteiger partial charge on any atom is 0.175 e. The lowest BCUT2D eigenvalue weighted by Gasteiger charge is -2.16. The summed E-state index contributed by atoms with van der Waals surface area (Å²) in [6, 6.07) is 8.22. The molecule has 0 aliphatic carbocycles. The van der Waals surface area contributed by atoms with Gasteiger partial charge in [0, 0.05) is 18.7 Å². The number of hydrogen-bond acceptors (Lipinski definition) is 4. The molecule has 0 bridgehead atoms. The number of ether oxygens (including phenoxy) is 2. The van der Waals surface area contributed by atoms with Crippen molar-refractivity contribution >= 4 is 27.5 Å². The van der Waals surface area contributed by atoms with Crippen molar-refractivity contribution in [2.24, 2.45) is 0 Å². The highest BCUT2D eigenvalue weighted by atomic mass is 79.9. The van der Waals surface area contributed by atoms with Crippen LogP contribution in [0.3, 0.4) is 0 Å². The standard InChI is InChI=1S/C18H20BrClFNO3/c1-11(23)8-22-9-12-6-14(19)18(17(7-12)24-2)25-10-13-15(20)4-3-5-16(13)21/h3-7,11,22-23H,8-10H2,1-2H3/t11-/m0/s1. The minimum Gasteiger partial charge on any atom is -0.493 e. The first-order chi connectivity index (χ1) is 11.9. The van der Waals surface area contributed by atoms with Crippen LogP contribution in [-0.4, -0.2) is 24.9 Å². The third-order valence-electron chi connectivity index (χ3n) is 3.48. The van der Waals surface area contributed by atoms with Crippen LogP contribution in [0.5, 0.6) is 11.5 Å². The molecule has 0 amide bonds. The van der Waals surface area contributed by atoms with Gasteiger partial charge < -0.3 is 19.9 Å². The Bertz CT molecular complexity index is 707. The summed E-state index contributed by atoms with van der Waals surface area (Å²) < 4.78 is 25.7. The summed E-state index contributed by atoms with van der Waals surface area (Å²) in [5.41, 5.74) is 1.25. The minimum absolute atomic E-state index is 0.0138. The van der Waals surface area contributed by atoms with E-state index in [4.69, 9.17) is 21.1 Å². The molecule has 1 atom stereocenters. The van der Waals surface area contributed by atoms with Gasteiger partial charge in [0.15, 0.2) is 11.5 Å². The fraction of sp³-hybridized carbons (Fsp3) is 0.333. The van der Waals surface area contributed by atoms with Crippen molar-refractivity contribution < 1.29 is 19.0 Å². The van der Waals surface area contributed by atoms with Gasteiger partial charge in [-0.15, -0.1) is 0 Å². The number of hydrogen-bond donors (Lipinski definition) is 2. The molecular weight excluding hydrogens is 413 g/mol. The molecule has 2 aromatic carbocycles. The molecule has 2 aromatic rings. The zero-order valence-electron chi connectivity index (χ0n) is 14.0. The van der Waals surface area contributed by atoms with E-state index in [0.29, 0.717) is 39.6 Å². The van der Waals surface area contributed by atoms with Gasteiger partial charge in [-0.3, -0.25) is 0 Å². The van der Waals surface area contributed by atoms with Crippen molar-refractivity contribution in [3.63, 3.8) is 0 Å². The Hall–Kier alpha value is -1.34. The zero-order chi connectivity index (χ0) is 18.4. The van der Waals surface area contributed by atoms with E-state index < -0.39 is 11.9 Å². The van der Waals surface area contributed by atoms with Gasteiger partial charge in [0.1, 0.15) is 12.4 Å². The number of aliphatic hydroxyl groups excluding tert-OH is 1. The Morgan fingerprint density at radius 2 is 2.12 bits per heavy atom. The lowest BCUT2D eigenvalue weighted by Crippen LogP contribution is -2.23. The molecule has 2 rings (SSSR count). The highest BCUT2D eigenvalue weighted by Gasteiger charge is 2.14. The predicted octanol–water partition coefficient (Wildman–Crippen LogP) is 4.30. The minimum atomic E-state index is -0.418. The quantitative estimate of drug-likeness (QED) is 0.653. The summed E-state index contributed by atoms with van der Waals surface area (Å²) in [6.07, 6.45) is -0.418. The number of nitrogens with one attached hydrogen (secondary N) is 1. The van der Waals surface area contributed by atoms with Crippen LogP contribution in [0.2, 0.25) is 5.02 Å². The second-order valence-corrected chi connectivity index (χ2v) is 6.84. The smallest absolute Gasteiger partial charge is 0.175 e. The highest BCUT2D eigenvalue weighted by Crippen LogP contribution is 2.37. The maximum atomic E-state index is 13.9. The highest BCUT2D eigenvalue weighted by molar-refractivity contribution is 9.10. The van der Waals surface area contributed by atoms with Crippen LogP contribution in [0.4, 0.5) is 4.39 Å². The molecule has 25 heavy (non-hydrogen) atoms. The maximum absolute atomic E-state index is 13.9. The number of rotatable bonds is 8. The molecule has 0 unspecified atom stereocenters. The fourth-order valence-corrected chi connectivity index (χ4v) is 3.08. The zero-order valence-corrected chi connectivity index (χ0v) is 16.3. The molecule has 4 nitrogen and oxygen atoms in total. The first kappa shape index (κ1) is 20.0. The second kappa shape index (κ2) is 9.38. The summed E-state index contributed by atoms with van der Waals surface area (Å²) in [4.78, 5) is 0. The van der Waals surface area contributed by atoms with E-state index in [1.54, 1.807) is 19.1 Å². The van der Waals surface area contributed by atoms with Gasteiger partial charge in [0.05, 0.1) is 22.7 Å². The van der Waals surface area contributed by atoms with Crippen LogP contribution in [0.1, 0.15) is 18.1 Å². The normalized spacial score (nSPS) is 12.1. The lowest BCUT2D eigenvalue weighted by atomic mass is 10.2. The van der Waals surface area contributed by atoms with Gasteiger partial charge in [-0.2, -0.15) is 0 Å². The van der Waals surface area contributed by atoms with Crippen molar-refractivity contribution in [1.82, 2.24) is 5.32 Å². The average molecular weight is 433 g/mol. The number of halogens is 3. The first-order valence-corrected chi connectivity index (χ1v) is 8.90. The van der Waals surface area contributed by atoms with E-state index in [1.807, 2.05) is 12.1 Å². The molecule has 0 spiro atoms. The Morgan fingerprint density at radius 1 is 1.36 bits per heavy atom. The van der Waals surface area contributed by atoms with Gasteiger partial charge in [-0.05, 0) is 52.7 Å². The predicted molar refractivity (Wildman–Crippen MR) is 99.8 cm³/mol. The molecule has 0 fully saturated rings. The first-order valence-electron chi connectivity index (χ1n) is 7.73. The van der Waals surface area contributed by atoms with Crippen LogP contribution in [0.25, 0.3) is 0 Å². The van der Waals surface area contributed by atoms with Crippen molar-refractivity contribution in [3.05, 3.63) is 56.8 Å². The molecule has 0 saturated heterocycles. The summed E-state index contributed by atoms with van der Waals surface area (Å²) >= 11 is 9.49. The fourth-order valence-electron chi connectivity index (χ4n) is 2.26. The van der Waals surface area contributed by atoms with E-state index in [2.05, 4.69) is 21.2 Å². The van der Waals surface area contributed by atoms with Crippen molar-refractivity contribution in [2.45, 2.75) is 26.2 Å². The van der Waals surface area contributed by atoms with Crippen LogP contribution in [-0.2, 0) is 13.2 Å². The molecule has 0 aromatic heterocycles. The van der Waals surface area contributed by atoms with Gasteiger partial charge in [-0.1, -0.05) is 17.7 Å². The molecule has 0 radical (unpaired) electrons. The topological polar surface area (TPSA) is 50.7 Å². The van der Waals surface area contributed by atoms with Gasteiger partial charge >= 0.3 is 0 Å². The number of aliphatic hydroxyl groups is 1. The molecule has 0 aliphatic rings. The van der Waals surface area contributed by atoms with Crippen molar-refractivity contribution in [3.8, 4) is 11.5 Å². The average Bonchev–Trinajstić information content (AvgIpc) is 2.55. The van der Waals surface area contributed by atoms with Crippen LogP contribution >= 0.6 is 27.5 Å². The largest absolute Gasteiger partial charge is 0.493 e. The number of benzene rings is 2. The molecule has 2 N–H and O–H groups in total. The van der Waals surface area contributed by atoms with Crippen LogP contribution < -0.4 is 14.8 Å². The SMILES string of the molecule is COc1cc(CNC[C@H](C)O)cc(Br)c1OCc1c(F)cccc1Cl. The molecule has 7 heteroatoms. The van der Waals surface area contributed by atoms with E-state index in [0.717, 1.165) is 5.56 Å². The summed E-state index contributed by atoms with van der Waals surface area (Å²) in [7, 11) is 1.54. The molecule has 136 valence electrons. The van der Waals surface area contributed by atoms with Crippen LogP contribution in [0, 0.1) is 5.82 Å². The van der Waals surface area contributed by atoms with Gasteiger partial charge in [0.2, 0.25) is 0 Å². The second-order valence-electron chi connectivity index (χ2n) is 5.58. The van der Waals surface area contributed by atoms with Crippen LogP contribution in [0.15, 0.2) is 34.8 Å². The monoisotopic (exact) mass is 431 g/mol. The molecule has 0 aliphatic heterocycles. The molecule has 0 heterocycles. The Balaban J connectivity index is 2.15. The molecule has 0 saturated carbocycles. The summed E-state index contributed by atoms with van der Waals surface area (Å²) in [6.45, 7) is 2.76. The van der Waals surface area contributed by atoms with E-state index in [9.17, 15) is 9.50 Å². The van der Waals surface area contributed by atoms with E-state index in [1.165, 1.54) is 13.2 Å².